The Morgan fingerprint density at radius 2 is 0.875 bits per heavy atom. The Labute approximate surface area is 102 Å². The van der Waals surface area contributed by atoms with Crippen molar-refractivity contribution in [2.75, 3.05) is 13.2 Å². The molecule has 2 N–H and O–H groups in total. The highest BCUT2D eigenvalue weighted by Gasteiger charge is 1.95. The van der Waals surface area contributed by atoms with Crippen LogP contribution < -0.4 is 0 Å². The van der Waals surface area contributed by atoms with E-state index in [1.807, 2.05) is 20.8 Å². The molecule has 0 spiro atoms. The summed E-state index contributed by atoms with van der Waals surface area (Å²) in [6, 6.07) is 0. The summed E-state index contributed by atoms with van der Waals surface area (Å²) < 4.78 is 0. The molecule has 2 heteroatoms. The molecule has 1 aliphatic rings. The van der Waals surface area contributed by atoms with Crippen LogP contribution in [-0.4, -0.2) is 23.4 Å². The van der Waals surface area contributed by atoms with E-state index in [2.05, 4.69) is 19.7 Å². The first-order valence-electron chi connectivity index (χ1n) is 5.59. The molecule has 0 unspecified atom stereocenters. The van der Waals surface area contributed by atoms with E-state index >= 15 is 0 Å². The molecular weight excluding hydrogens is 200 g/mol. The highest BCUT2D eigenvalue weighted by molar-refractivity contribution is 4.52. The van der Waals surface area contributed by atoms with Gasteiger partial charge in [0.05, 0.1) is 13.2 Å². The highest BCUT2D eigenvalue weighted by Crippen LogP contribution is 2.14. The van der Waals surface area contributed by atoms with Crippen molar-refractivity contribution < 1.29 is 10.2 Å². The lowest BCUT2D eigenvalue weighted by molar-refractivity contribution is 0.186. The fraction of sp³-hybridized carbons (Fsp3) is 0.571. The van der Waals surface area contributed by atoms with Gasteiger partial charge in [0.15, 0.2) is 0 Å². The van der Waals surface area contributed by atoms with Gasteiger partial charge in [-0.15, -0.1) is 19.7 Å². The van der Waals surface area contributed by atoms with Gasteiger partial charge in [-0.2, -0.15) is 0 Å². The van der Waals surface area contributed by atoms with Gasteiger partial charge in [0.25, 0.3) is 0 Å². The SMILES string of the molecule is C1CC1.C=CC.C=CC.C=CC.OCCO. The molecule has 0 amide bonds. The lowest BCUT2D eigenvalue weighted by Gasteiger charge is -1.70. The average Bonchev–Trinajstić information content (AvgIpc) is 3.08. The molecule has 1 aliphatic carbocycles. The molecule has 1 rings (SSSR count). The number of aliphatic hydroxyl groups excluding tert-OH is 2. The third-order valence-electron chi connectivity index (χ3n) is 0.454. The summed E-state index contributed by atoms with van der Waals surface area (Å²) in [5.41, 5.74) is 0. The van der Waals surface area contributed by atoms with Crippen molar-refractivity contribution in [3.8, 4) is 0 Å². The van der Waals surface area contributed by atoms with Crippen LogP contribution in [0.3, 0.4) is 0 Å². The van der Waals surface area contributed by atoms with E-state index in [-0.39, 0.29) is 13.2 Å². The van der Waals surface area contributed by atoms with Gasteiger partial charge in [0.1, 0.15) is 0 Å². The first kappa shape index (κ1) is 24.4. The molecule has 0 aliphatic heterocycles. The Morgan fingerprint density at radius 3 is 0.875 bits per heavy atom. The molecular formula is C14H30O2. The first-order chi connectivity index (χ1) is 7.66. The molecule has 0 aromatic carbocycles. The predicted octanol–water partition coefficient (Wildman–Crippen LogP) is 3.72. The smallest absolute Gasteiger partial charge is 0.0662 e. The fourth-order valence-electron chi connectivity index (χ4n) is 0. The van der Waals surface area contributed by atoms with E-state index in [1.54, 1.807) is 18.2 Å². The van der Waals surface area contributed by atoms with Gasteiger partial charge in [0, 0.05) is 0 Å². The number of aliphatic hydroxyl groups is 2. The normalized spacial score (nSPS) is 8.81. The number of hydrogen-bond acceptors (Lipinski definition) is 2. The summed E-state index contributed by atoms with van der Waals surface area (Å²) in [5.74, 6) is 0. The zero-order chi connectivity index (χ0) is 13.7. The fourth-order valence-corrected chi connectivity index (χ4v) is 0. The quantitative estimate of drug-likeness (QED) is 0.674. The molecule has 16 heavy (non-hydrogen) atoms. The summed E-state index contributed by atoms with van der Waals surface area (Å²) in [4.78, 5) is 0. The molecule has 0 atom stereocenters. The van der Waals surface area contributed by atoms with Crippen molar-refractivity contribution >= 4 is 0 Å². The van der Waals surface area contributed by atoms with Gasteiger partial charge < -0.3 is 10.2 Å². The minimum absolute atomic E-state index is 0.125. The maximum atomic E-state index is 7.62. The van der Waals surface area contributed by atoms with Gasteiger partial charge in [0.2, 0.25) is 0 Å². The van der Waals surface area contributed by atoms with E-state index in [0.717, 1.165) is 0 Å². The molecule has 0 aromatic rings. The second-order valence-electron chi connectivity index (χ2n) is 2.73. The minimum Gasteiger partial charge on any atom is -0.394 e. The van der Waals surface area contributed by atoms with E-state index < -0.39 is 0 Å². The van der Waals surface area contributed by atoms with Crippen LogP contribution in [0.25, 0.3) is 0 Å². The number of rotatable bonds is 1. The number of allylic oxidation sites excluding steroid dienone is 3. The summed E-state index contributed by atoms with van der Waals surface area (Å²) in [5, 5.41) is 15.2. The van der Waals surface area contributed by atoms with Crippen LogP contribution >= 0.6 is 0 Å². The van der Waals surface area contributed by atoms with Crippen molar-refractivity contribution in [3.05, 3.63) is 38.0 Å². The van der Waals surface area contributed by atoms with E-state index in [9.17, 15) is 0 Å². The van der Waals surface area contributed by atoms with Crippen molar-refractivity contribution in [3.63, 3.8) is 0 Å². The molecule has 0 radical (unpaired) electrons. The molecule has 0 aromatic heterocycles. The molecule has 0 saturated heterocycles. The van der Waals surface area contributed by atoms with Gasteiger partial charge in [-0.1, -0.05) is 37.5 Å². The summed E-state index contributed by atoms with van der Waals surface area (Å²) in [7, 11) is 0. The van der Waals surface area contributed by atoms with Crippen molar-refractivity contribution in [2.24, 2.45) is 0 Å². The molecule has 0 bridgehead atoms. The monoisotopic (exact) mass is 230 g/mol. The second-order valence-corrected chi connectivity index (χ2v) is 2.73. The predicted molar refractivity (Wildman–Crippen MR) is 75.6 cm³/mol. The molecule has 2 nitrogen and oxygen atoms in total. The van der Waals surface area contributed by atoms with Crippen molar-refractivity contribution in [2.45, 2.75) is 40.0 Å². The van der Waals surface area contributed by atoms with Gasteiger partial charge in [-0.3, -0.25) is 0 Å². The Balaban J connectivity index is -0.0000000565. The van der Waals surface area contributed by atoms with Crippen LogP contribution in [-0.2, 0) is 0 Å². The van der Waals surface area contributed by atoms with Crippen LogP contribution in [0.5, 0.6) is 0 Å². The molecule has 98 valence electrons. The van der Waals surface area contributed by atoms with Crippen molar-refractivity contribution in [1.82, 2.24) is 0 Å². The zero-order valence-electron chi connectivity index (χ0n) is 11.3. The largest absolute Gasteiger partial charge is 0.394 e. The molecule has 1 saturated carbocycles. The van der Waals surface area contributed by atoms with Crippen LogP contribution in [0.2, 0.25) is 0 Å². The van der Waals surface area contributed by atoms with Gasteiger partial charge >= 0.3 is 0 Å². The van der Waals surface area contributed by atoms with Gasteiger partial charge in [-0.05, 0) is 20.8 Å². The standard InChI is InChI=1S/4C3H6.C2H6O2/c1-2-3-1;3*1-3-2;3-1-2-4/h1-3H2;3*3H,1H2,2H3;3-4H,1-2H2. The third-order valence-corrected chi connectivity index (χ3v) is 0.454. The maximum Gasteiger partial charge on any atom is 0.0662 e. The Kier molecular flexibility index (Phi) is 73.0. The number of hydrogen-bond donors (Lipinski definition) is 2. The van der Waals surface area contributed by atoms with Crippen LogP contribution in [0.1, 0.15) is 40.0 Å². The van der Waals surface area contributed by atoms with E-state index in [1.165, 1.54) is 19.3 Å². The van der Waals surface area contributed by atoms with E-state index in [4.69, 9.17) is 10.2 Å². The summed E-state index contributed by atoms with van der Waals surface area (Å²) in [6.45, 7) is 15.5. The summed E-state index contributed by atoms with van der Waals surface area (Å²) >= 11 is 0. The average molecular weight is 230 g/mol. The molecule has 1 fully saturated rings. The van der Waals surface area contributed by atoms with Gasteiger partial charge in [-0.25, -0.2) is 0 Å². The Bertz CT molecular complexity index is 88.3. The molecule has 0 heterocycles. The Hall–Kier alpha value is -0.860. The van der Waals surface area contributed by atoms with E-state index in [0.29, 0.717) is 0 Å². The van der Waals surface area contributed by atoms with Crippen LogP contribution in [0.4, 0.5) is 0 Å². The zero-order valence-corrected chi connectivity index (χ0v) is 11.3. The topological polar surface area (TPSA) is 40.5 Å². The first-order valence-corrected chi connectivity index (χ1v) is 5.59. The highest BCUT2D eigenvalue weighted by atomic mass is 16.3. The lowest BCUT2D eigenvalue weighted by atomic mass is 10.8. The van der Waals surface area contributed by atoms with Crippen LogP contribution in [0.15, 0.2) is 38.0 Å². The maximum absolute atomic E-state index is 7.62. The third kappa shape index (κ3) is 1490. The van der Waals surface area contributed by atoms with Crippen LogP contribution in [0, 0.1) is 0 Å². The Morgan fingerprint density at radius 1 is 0.750 bits per heavy atom. The minimum atomic E-state index is -0.125. The second kappa shape index (κ2) is 47.9. The summed E-state index contributed by atoms with van der Waals surface area (Å²) in [6.07, 6.45) is 9.75. The van der Waals surface area contributed by atoms with Crippen molar-refractivity contribution in [1.29, 1.82) is 0 Å². The lowest BCUT2D eigenvalue weighted by Crippen LogP contribution is -1.85.